The smallest absolute Gasteiger partial charge is 0.295 e. The number of halogens is 1. The standard InChI is InChI=1S/C17H14ClN3O2/c1-2-10-3-8-14-13(9-10)15(17(23)19-14)20-21-16(22)11-4-6-12(18)7-5-11/h3-9,19,23H,2H2,1H3. The molecule has 0 spiro atoms. The van der Waals surface area contributed by atoms with E-state index in [0.29, 0.717) is 10.6 Å². The van der Waals surface area contributed by atoms with Crippen LogP contribution in [0.3, 0.4) is 0 Å². The number of fused-ring (bicyclic) bond motifs is 1. The highest BCUT2D eigenvalue weighted by Crippen LogP contribution is 2.36. The highest BCUT2D eigenvalue weighted by Gasteiger charge is 2.12. The Morgan fingerprint density at radius 1 is 1.22 bits per heavy atom. The zero-order valence-corrected chi connectivity index (χ0v) is 13.1. The van der Waals surface area contributed by atoms with Crippen LogP contribution in [0, 0.1) is 0 Å². The Balaban J connectivity index is 1.95. The van der Waals surface area contributed by atoms with Crippen molar-refractivity contribution in [2.75, 3.05) is 0 Å². The third-order valence-electron chi connectivity index (χ3n) is 3.56. The molecule has 1 heterocycles. The minimum Gasteiger partial charge on any atom is -0.493 e. The predicted octanol–water partition coefficient (Wildman–Crippen LogP) is 5.01. The highest BCUT2D eigenvalue weighted by atomic mass is 35.5. The van der Waals surface area contributed by atoms with E-state index in [2.05, 4.69) is 15.2 Å². The van der Waals surface area contributed by atoms with Crippen LogP contribution in [0.4, 0.5) is 5.69 Å². The number of H-pyrrole nitrogens is 1. The average molecular weight is 328 g/mol. The van der Waals surface area contributed by atoms with Gasteiger partial charge in [0.05, 0.1) is 5.52 Å². The van der Waals surface area contributed by atoms with Gasteiger partial charge in [-0.05, 0) is 48.4 Å². The lowest BCUT2D eigenvalue weighted by molar-refractivity contribution is 0.0995. The van der Waals surface area contributed by atoms with Crippen LogP contribution in [0.15, 0.2) is 52.7 Å². The number of hydrogen-bond acceptors (Lipinski definition) is 3. The van der Waals surface area contributed by atoms with E-state index in [0.717, 1.165) is 22.9 Å². The van der Waals surface area contributed by atoms with E-state index in [4.69, 9.17) is 11.6 Å². The first kappa shape index (κ1) is 15.2. The molecule has 0 saturated carbocycles. The van der Waals surface area contributed by atoms with E-state index in [1.54, 1.807) is 24.3 Å². The summed E-state index contributed by atoms with van der Waals surface area (Å²) in [5.41, 5.74) is 2.49. The number of aryl methyl sites for hydroxylation is 1. The second-order valence-corrected chi connectivity index (χ2v) is 5.50. The molecule has 116 valence electrons. The van der Waals surface area contributed by atoms with Gasteiger partial charge in [0.2, 0.25) is 5.88 Å². The van der Waals surface area contributed by atoms with Crippen LogP contribution in [0.5, 0.6) is 5.88 Å². The summed E-state index contributed by atoms with van der Waals surface area (Å²) in [6.07, 6.45) is 0.863. The summed E-state index contributed by atoms with van der Waals surface area (Å²) in [7, 11) is 0. The lowest BCUT2D eigenvalue weighted by Crippen LogP contribution is -1.92. The Bertz CT molecular complexity index is 898. The molecule has 6 heteroatoms. The first-order valence-corrected chi connectivity index (χ1v) is 7.51. The molecule has 0 radical (unpaired) electrons. The summed E-state index contributed by atoms with van der Waals surface area (Å²) >= 11 is 5.79. The van der Waals surface area contributed by atoms with E-state index in [-0.39, 0.29) is 11.6 Å². The van der Waals surface area contributed by atoms with Crippen molar-refractivity contribution in [1.29, 1.82) is 0 Å². The van der Waals surface area contributed by atoms with Crippen molar-refractivity contribution in [3.8, 4) is 5.88 Å². The predicted molar refractivity (Wildman–Crippen MR) is 89.6 cm³/mol. The molecule has 23 heavy (non-hydrogen) atoms. The minimum atomic E-state index is -0.498. The average Bonchev–Trinajstić information content (AvgIpc) is 2.87. The van der Waals surface area contributed by atoms with Gasteiger partial charge in [0.1, 0.15) is 0 Å². The largest absolute Gasteiger partial charge is 0.493 e. The Labute approximate surface area is 137 Å². The maximum atomic E-state index is 12.0. The van der Waals surface area contributed by atoms with Crippen molar-refractivity contribution >= 4 is 34.1 Å². The molecular formula is C17H14ClN3O2. The second kappa shape index (κ2) is 6.22. The summed E-state index contributed by atoms with van der Waals surface area (Å²) in [5.74, 6) is -0.608. The zero-order chi connectivity index (χ0) is 16.4. The van der Waals surface area contributed by atoms with Gasteiger partial charge in [-0.1, -0.05) is 24.6 Å². The number of benzene rings is 2. The van der Waals surface area contributed by atoms with Gasteiger partial charge in [0.15, 0.2) is 5.69 Å². The third-order valence-corrected chi connectivity index (χ3v) is 3.81. The molecule has 2 aromatic carbocycles. The van der Waals surface area contributed by atoms with Crippen LogP contribution in [0.25, 0.3) is 10.9 Å². The first-order chi connectivity index (χ1) is 11.1. The molecule has 0 fully saturated rings. The van der Waals surface area contributed by atoms with Gasteiger partial charge in [-0.2, -0.15) is 0 Å². The van der Waals surface area contributed by atoms with E-state index in [1.807, 2.05) is 25.1 Å². The van der Waals surface area contributed by atoms with Gasteiger partial charge < -0.3 is 10.1 Å². The summed E-state index contributed by atoms with van der Waals surface area (Å²) < 4.78 is 0. The number of nitrogens with zero attached hydrogens (tertiary/aromatic N) is 2. The molecule has 5 nitrogen and oxygen atoms in total. The van der Waals surface area contributed by atoms with Crippen molar-refractivity contribution in [3.05, 3.63) is 58.6 Å². The number of hydrogen-bond donors (Lipinski definition) is 2. The van der Waals surface area contributed by atoms with E-state index >= 15 is 0 Å². The minimum absolute atomic E-state index is 0.110. The fourth-order valence-electron chi connectivity index (χ4n) is 2.28. The lowest BCUT2D eigenvalue weighted by Gasteiger charge is -1.97. The summed E-state index contributed by atoms with van der Waals surface area (Å²) in [4.78, 5) is 14.8. The third kappa shape index (κ3) is 3.10. The maximum Gasteiger partial charge on any atom is 0.295 e. The van der Waals surface area contributed by atoms with Crippen LogP contribution in [0.2, 0.25) is 5.02 Å². The summed E-state index contributed by atoms with van der Waals surface area (Å²) in [6.45, 7) is 2.04. The van der Waals surface area contributed by atoms with Gasteiger partial charge in [-0.3, -0.25) is 4.79 Å². The first-order valence-electron chi connectivity index (χ1n) is 7.13. The lowest BCUT2D eigenvalue weighted by atomic mass is 10.1. The van der Waals surface area contributed by atoms with E-state index < -0.39 is 5.91 Å². The van der Waals surface area contributed by atoms with Gasteiger partial charge >= 0.3 is 0 Å². The number of amides is 1. The molecule has 0 bridgehead atoms. The van der Waals surface area contributed by atoms with Crippen LogP contribution in [-0.4, -0.2) is 16.0 Å². The number of azo groups is 1. The number of carbonyl (C=O) groups is 1. The Morgan fingerprint density at radius 3 is 2.65 bits per heavy atom. The van der Waals surface area contributed by atoms with Crippen LogP contribution in [-0.2, 0) is 6.42 Å². The highest BCUT2D eigenvalue weighted by molar-refractivity contribution is 6.30. The fourth-order valence-corrected chi connectivity index (χ4v) is 2.40. The summed E-state index contributed by atoms with van der Waals surface area (Å²) in [5, 5.41) is 18.9. The van der Waals surface area contributed by atoms with Gasteiger partial charge in [-0.25, -0.2) is 0 Å². The van der Waals surface area contributed by atoms with Crippen molar-refractivity contribution in [2.24, 2.45) is 10.2 Å². The molecule has 1 aromatic heterocycles. The van der Waals surface area contributed by atoms with Crippen molar-refractivity contribution < 1.29 is 9.90 Å². The monoisotopic (exact) mass is 327 g/mol. The molecule has 0 aliphatic rings. The van der Waals surface area contributed by atoms with Crippen molar-refractivity contribution in [1.82, 2.24) is 4.98 Å². The molecule has 0 aliphatic carbocycles. The molecule has 3 rings (SSSR count). The number of aromatic hydroxyl groups is 1. The van der Waals surface area contributed by atoms with Gasteiger partial charge in [-0.15, -0.1) is 10.2 Å². The van der Waals surface area contributed by atoms with Gasteiger partial charge in [0.25, 0.3) is 5.91 Å². The molecule has 0 aliphatic heterocycles. The number of aromatic nitrogens is 1. The Morgan fingerprint density at radius 2 is 1.96 bits per heavy atom. The van der Waals surface area contributed by atoms with Crippen LogP contribution >= 0.6 is 11.6 Å². The van der Waals surface area contributed by atoms with Crippen molar-refractivity contribution in [3.63, 3.8) is 0 Å². The molecule has 0 saturated heterocycles. The maximum absolute atomic E-state index is 12.0. The zero-order valence-electron chi connectivity index (χ0n) is 12.4. The van der Waals surface area contributed by atoms with Crippen LogP contribution < -0.4 is 0 Å². The fraction of sp³-hybridized carbons (Fsp3) is 0.118. The molecule has 0 unspecified atom stereocenters. The van der Waals surface area contributed by atoms with Crippen LogP contribution in [0.1, 0.15) is 22.8 Å². The second-order valence-electron chi connectivity index (χ2n) is 5.07. The normalized spacial score (nSPS) is 11.4. The van der Waals surface area contributed by atoms with Crippen molar-refractivity contribution in [2.45, 2.75) is 13.3 Å². The summed E-state index contributed by atoms with van der Waals surface area (Å²) in [6, 6.07) is 12.1. The number of aromatic amines is 1. The Hall–Kier alpha value is -2.66. The quantitative estimate of drug-likeness (QED) is 0.663. The Kier molecular flexibility index (Phi) is 4.12. The van der Waals surface area contributed by atoms with Gasteiger partial charge in [0, 0.05) is 16.0 Å². The van der Waals surface area contributed by atoms with E-state index in [1.165, 1.54) is 0 Å². The SMILES string of the molecule is CCc1ccc2[nH]c(O)c(N=NC(=O)c3ccc(Cl)cc3)c2c1. The number of nitrogens with one attached hydrogen (secondary N) is 1. The topological polar surface area (TPSA) is 77.8 Å². The molecule has 3 aromatic rings. The molecular weight excluding hydrogens is 314 g/mol. The molecule has 0 atom stereocenters. The molecule has 2 N–H and O–H groups in total. The number of carbonyl (C=O) groups excluding carboxylic acids is 1. The van der Waals surface area contributed by atoms with E-state index in [9.17, 15) is 9.90 Å². The number of rotatable bonds is 3. The molecule has 1 amide bonds.